The Morgan fingerprint density at radius 3 is 2.07 bits per heavy atom. The van der Waals surface area contributed by atoms with Gasteiger partial charge in [0.2, 0.25) is 0 Å². The Morgan fingerprint density at radius 1 is 0.606 bits per heavy atom. The summed E-state index contributed by atoms with van der Waals surface area (Å²) < 4.78 is 12.4. The lowest BCUT2D eigenvalue weighted by molar-refractivity contribution is 0.332. The zero-order chi connectivity index (χ0) is 48.7. The summed E-state index contributed by atoms with van der Waals surface area (Å²) in [7, 11) is 4.72. The zero-order valence-electron chi connectivity index (χ0n) is 42.7. The average molecular weight is 921 g/mol. The van der Waals surface area contributed by atoms with Crippen molar-refractivity contribution in [2.45, 2.75) is 96.8 Å². The summed E-state index contributed by atoms with van der Waals surface area (Å²) in [5.41, 5.74) is 25.3. The highest BCUT2D eigenvalue weighted by Gasteiger charge is 2.41. The van der Waals surface area contributed by atoms with Gasteiger partial charge in [0.1, 0.15) is 11.2 Å². The van der Waals surface area contributed by atoms with Crippen LogP contribution in [0.15, 0.2) is 150 Å². The van der Waals surface area contributed by atoms with Crippen LogP contribution in [-0.4, -0.2) is 16.4 Å². The third-order valence-corrected chi connectivity index (χ3v) is 17.4. The van der Waals surface area contributed by atoms with E-state index in [4.69, 9.17) is 4.42 Å². The van der Waals surface area contributed by atoms with Gasteiger partial charge < -0.3 is 18.9 Å². The molecule has 14 rings (SSSR count). The highest BCUT2D eigenvalue weighted by Crippen LogP contribution is 2.55. The highest BCUT2D eigenvalue weighted by molar-refractivity contribution is 6.74. The molecular formula is C66H59BN3O. The Kier molecular flexibility index (Phi) is 8.54. The van der Waals surface area contributed by atoms with Crippen molar-refractivity contribution in [3.05, 3.63) is 173 Å². The lowest BCUT2D eigenvalue weighted by atomic mass is 9.58. The first-order valence-corrected chi connectivity index (χ1v) is 25.7. The fourth-order valence-electron chi connectivity index (χ4n) is 13.2. The number of aryl methyl sites for hydroxylation is 1. The normalized spacial score (nSPS) is 16.1. The topological polar surface area (TPSA) is 35.0 Å². The number of hydrogen-bond donors (Lipinski definition) is 1. The van der Waals surface area contributed by atoms with Crippen molar-refractivity contribution < 1.29 is 4.42 Å². The predicted molar refractivity (Wildman–Crippen MR) is 302 cm³/mol. The molecular weight excluding hydrogens is 862 g/mol. The van der Waals surface area contributed by atoms with Crippen LogP contribution in [-0.2, 0) is 28.7 Å². The molecule has 1 aliphatic heterocycles. The van der Waals surface area contributed by atoms with Crippen LogP contribution in [0.5, 0.6) is 0 Å². The molecule has 4 nitrogen and oxygen atoms in total. The van der Waals surface area contributed by atoms with Crippen LogP contribution < -0.4 is 16.2 Å². The first-order chi connectivity index (χ1) is 34.0. The van der Waals surface area contributed by atoms with E-state index in [0.29, 0.717) is 0 Å². The molecule has 1 N–H and O–H groups in total. The lowest BCUT2D eigenvalue weighted by Crippen LogP contribution is -2.37. The van der Waals surface area contributed by atoms with Gasteiger partial charge in [-0.3, -0.25) is 0 Å². The Hall–Kier alpha value is -7.24. The van der Waals surface area contributed by atoms with E-state index in [1.807, 2.05) is 0 Å². The molecule has 4 heterocycles. The van der Waals surface area contributed by atoms with Gasteiger partial charge in [-0.25, -0.2) is 0 Å². The fourth-order valence-corrected chi connectivity index (χ4v) is 13.2. The smallest absolute Gasteiger partial charge is 0.198 e. The molecule has 71 heavy (non-hydrogen) atoms. The van der Waals surface area contributed by atoms with Crippen molar-refractivity contribution >= 4 is 84.2 Å². The number of fused-ring (bicyclic) bond motifs is 14. The van der Waals surface area contributed by atoms with E-state index in [9.17, 15) is 0 Å². The maximum absolute atomic E-state index is 7.41. The summed E-state index contributed by atoms with van der Waals surface area (Å²) in [6, 6.07) is 55.0. The Morgan fingerprint density at radius 2 is 1.31 bits per heavy atom. The number of nitrogens with zero attached hydrogens (tertiary/aromatic N) is 2. The summed E-state index contributed by atoms with van der Waals surface area (Å²) >= 11 is 0. The maximum Gasteiger partial charge on any atom is 0.198 e. The molecule has 1 radical (unpaired) electrons. The summed E-state index contributed by atoms with van der Waals surface area (Å²) in [5, 5.41) is 10.2. The molecule has 11 aromatic rings. The first-order valence-electron chi connectivity index (χ1n) is 25.7. The lowest BCUT2D eigenvalue weighted by Gasteiger charge is -2.42. The van der Waals surface area contributed by atoms with Gasteiger partial charge in [-0.15, -0.1) is 0 Å². The first kappa shape index (κ1) is 42.6. The van der Waals surface area contributed by atoms with Gasteiger partial charge in [0, 0.05) is 73.4 Å². The van der Waals surface area contributed by atoms with Crippen LogP contribution in [0.2, 0.25) is 0 Å². The molecule has 0 saturated carbocycles. The van der Waals surface area contributed by atoms with Gasteiger partial charge in [0.25, 0.3) is 0 Å². The minimum Gasteiger partial charge on any atom is -0.455 e. The van der Waals surface area contributed by atoms with E-state index in [0.717, 1.165) is 51.9 Å². The number of para-hydroxylation sites is 1. The third-order valence-electron chi connectivity index (χ3n) is 17.4. The number of nitrogens with one attached hydrogen (secondary N) is 1. The van der Waals surface area contributed by atoms with E-state index in [-0.39, 0.29) is 21.7 Å². The third kappa shape index (κ3) is 5.93. The number of benzene rings is 8. The largest absolute Gasteiger partial charge is 0.455 e. The summed E-state index contributed by atoms with van der Waals surface area (Å²) in [5.74, 6) is 0. The van der Waals surface area contributed by atoms with Gasteiger partial charge in [0.05, 0.1) is 11.0 Å². The summed E-state index contributed by atoms with van der Waals surface area (Å²) in [6.07, 6.45) is 2.30. The molecule has 0 unspecified atom stereocenters. The second-order valence-electron chi connectivity index (χ2n) is 24.0. The van der Waals surface area contributed by atoms with Crippen LogP contribution in [0.25, 0.3) is 93.8 Å². The summed E-state index contributed by atoms with van der Waals surface area (Å²) in [6.45, 7) is 21.4. The molecule has 3 aromatic heterocycles. The second-order valence-corrected chi connectivity index (χ2v) is 24.0. The van der Waals surface area contributed by atoms with Crippen molar-refractivity contribution in [3.8, 4) is 39.2 Å². The number of anilines is 2. The molecule has 0 spiro atoms. The quantitative estimate of drug-likeness (QED) is 0.179. The standard InChI is InChI=1S/C66H59BN3O/c1-63(2,3)39-24-26-40(27-25-39)68-51-34-47-43(41-20-14-16-22-46(41)66(47,8)9)32-44(51)59-60-61-57(58-42-21-15-17-23-56(42)71-62(58)59)45-33-48-49(65(6,7)29-28-64(48,4)5)35-54(45)70(61)55-36-53-38(30-50(55)67-60)31-52(69(53)10)37-18-12-11-13-19-37/h11-27,30-36,68H,28-29H2,1-10H3. The van der Waals surface area contributed by atoms with E-state index in [1.165, 1.54) is 105 Å². The van der Waals surface area contributed by atoms with Gasteiger partial charge in [-0.2, -0.15) is 0 Å². The van der Waals surface area contributed by atoms with Gasteiger partial charge >= 0.3 is 0 Å². The van der Waals surface area contributed by atoms with Crippen LogP contribution in [0.3, 0.4) is 0 Å². The van der Waals surface area contributed by atoms with Crippen LogP contribution >= 0.6 is 0 Å². The van der Waals surface area contributed by atoms with E-state index >= 15 is 0 Å². The van der Waals surface area contributed by atoms with Crippen molar-refractivity contribution in [2.75, 3.05) is 5.32 Å². The molecule has 0 atom stereocenters. The minimum atomic E-state index is -0.193. The zero-order valence-corrected chi connectivity index (χ0v) is 42.7. The molecule has 8 aromatic carbocycles. The van der Waals surface area contributed by atoms with Gasteiger partial charge in [-0.1, -0.05) is 159 Å². The van der Waals surface area contributed by atoms with Crippen molar-refractivity contribution in [3.63, 3.8) is 0 Å². The van der Waals surface area contributed by atoms with E-state index in [2.05, 4.69) is 237 Å². The summed E-state index contributed by atoms with van der Waals surface area (Å²) in [4.78, 5) is 0. The number of furan rings is 1. The fraction of sp³-hybridized carbons (Fsp3) is 0.242. The molecule has 0 saturated heterocycles. The molecule has 0 amide bonds. The van der Waals surface area contributed by atoms with Crippen LogP contribution in [0.1, 0.15) is 103 Å². The van der Waals surface area contributed by atoms with Crippen molar-refractivity contribution in [2.24, 2.45) is 7.05 Å². The number of aromatic nitrogens is 2. The predicted octanol–water partition coefficient (Wildman–Crippen LogP) is 16.2. The Balaban J connectivity index is 1.15. The Labute approximate surface area is 417 Å². The van der Waals surface area contributed by atoms with Crippen molar-refractivity contribution in [1.82, 2.24) is 9.13 Å². The van der Waals surface area contributed by atoms with Crippen LogP contribution in [0, 0.1) is 0 Å². The average Bonchev–Trinajstić information content (AvgIpc) is 4.07. The van der Waals surface area contributed by atoms with Gasteiger partial charge in [-0.05, 0) is 139 Å². The molecule has 5 heteroatoms. The molecule has 347 valence electrons. The van der Waals surface area contributed by atoms with Crippen molar-refractivity contribution in [1.29, 1.82) is 0 Å². The van der Waals surface area contributed by atoms with E-state index in [1.54, 1.807) is 0 Å². The number of hydrogen-bond acceptors (Lipinski definition) is 2. The molecule has 0 bridgehead atoms. The Bertz CT molecular complexity index is 4110. The second kappa shape index (κ2) is 14.2. The minimum absolute atomic E-state index is 0.0256. The highest BCUT2D eigenvalue weighted by atomic mass is 16.3. The number of rotatable bonds is 4. The molecule has 2 aliphatic carbocycles. The van der Waals surface area contributed by atoms with Crippen LogP contribution in [0.4, 0.5) is 11.4 Å². The molecule has 0 fully saturated rings. The monoisotopic (exact) mass is 920 g/mol. The SMILES string of the molecule is Cn1c(-c2ccccc2)cc2cc3c(cc21)-n1c2cc4c(cc2c2c5c(oc6ccccc65)c(-c5cc6c(cc5Nc5ccc(C(C)(C)C)cc5)C(C)(C)c5ccccc5-6)c(c21)[B]3)C(C)(C)CCC4(C)C. The molecule has 3 aliphatic rings. The van der Waals surface area contributed by atoms with E-state index < -0.39 is 0 Å². The van der Waals surface area contributed by atoms with Gasteiger partial charge in [0.15, 0.2) is 7.28 Å². The maximum atomic E-state index is 7.41.